The van der Waals surface area contributed by atoms with Gasteiger partial charge in [0.2, 0.25) is 10.0 Å². The zero-order valence-electron chi connectivity index (χ0n) is 14.7. The predicted octanol–water partition coefficient (Wildman–Crippen LogP) is 2.71. The molecule has 7 nitrogen and oxygen atoms in total. The fraction of sp³-hybridized carbons (Fsp3) is 0.222. The minimum absolute atomic E-state index is 0.0120. The van der Waals surface area contributed by atoms with Crippen LogP contribution in [-0.2, 0) is 10.0 Å². The molecule has 0 unspecified atom stereocenters. The fourth-order valence-electron chi connectivity index (χ4n) is 2.53. The van der Waals surface area contributed by atoms with E-state index in [0.717, 1.165) is 5.69 Å². The van der Waals surface area contributed by atoms with Gasteiger partial charge in [0, 0.05) is 5.92 Å². The highest BCUT2D eigenvalue weighted by Crippen LogP contribution is 2.33. The molecule has 0 bridgehead atoms. The first-order valence-corrected chi connectivity index (χ1v) is 9.59. The van der Waals surface area contributed by atoms with Crippen LogP contribution >= 0.6 is 0 Å². The van der Waals surface area contributed by atoms with Crippen molar-refractivity contribution in [1.82, 2.24) is 14.8 Å². The highest BCUT2D eigenvalue weighted by Gasteiger charge is 2.21. The minimum atomic E-state index is -3.86. The maximum absolute atomic E-state index is 11.8. The third kappa shape index (κ3) is 3.47. The number of sulfonamides is 1. The van der Waals surface area contributed by atoms with E-state index < -0.39 is 10.0 Å². The average Bonchev–Trinajstić information content (AvgIpc) is 3.06. The van der Waals surface area contributed by atoms with Gasteiger partial charge in [-0.1, -0.05) is 32.0 Å². The standard InChI is InChI=1S/C18H20N4O3S/c1-12(2)17-20-18(22(21-17)13-7-5-4-6-8-13)15-11-14(26(19,23)24)9-10-16(15)25-3/h4-12H,1-3H3,(H2,19,23,24). The summed E-state index contributed by atoms with van der Waals surface area (Å²) in [5.74, 6) is 1.72. The highest BCUT2D eigenvalue weighted by atomic mass is 32.2. The number of nitrogens with two attached hydrogens (primary N) is 1. The molecular weight excluding hydrogens is 352 g/mol. The molecule has 0 saturated heterocycles. The summed E-state index contributed by atoms with van der Waals surface area (Å²) in [6.07, 6.45) is 0. The van der Waals surface area contributed by atoms with Gasteiger partial charge >= 0.3 is 0 Å². The van der Waals surface area contributed by atoms with Crippen LogP contribution in [0.2, 0.25) is 0 Å². The van der Waals surface area contributed by atoms with Gasteiger partial charge in [-0.3, -0.25) is 0 Å². The maximum atomic E-state index is 11.8. The van der Waals surface area contributed by atoms with Crippen molar-refractivity contribution in [3.63, 3.8) is 0 Å². The monoisotopic (exact) mass is 372 g/mol. The van der Waals surface area contributed by atoms with Gasteiger partial charge in [0.25, 0.3) is 0 Å². The van der Waals surface area contributed by atoms with Gasteiger partial charge < -0.3 is 4.74 Å². The second-order valence-electron chi connectivity index (χ2n) is 6.10. The SMILES string of the molecule is COc1ccc(S(N)(=O)=O)cc1-c1nc(C(C)C)nn1-c1ccccc1. The average molecular weight is 372 g/mol. The number of primary sulfonamides is 1. The molecule has 0 amide bonds. The van der Waals surface area contributed by atoms with Crippen LogP contribution < -0.4 is 9.88 Å². The Morgan fingerprint density at radius 1 is 1.12 bits per heavy atom. The maximum Gasteiger partial charge on any atom is 0.238 e. The van der Waals surface area contributed by atoms with Gasteiger partial charge in [0.05, 0.1) is 23.3 Å². The Kier molecular flexibility index (Phi) is 4.80. The Morgan fingerprint density at radius 2 is 1.81 bits per heavy atom. The lowest BCUT2D eigenvalue weighted by molar-refractivity contribution is 0.415. The molecule has 8 heteroatoms. The van der Waals surface area contributed by atoms with Crippen molar-refractivity contribution in [2.75, 3.05) is 7.11 Å². The first kappa shape index (κ1) is 18.1. The van der Waals surface area contributed by atoms with Gasteiger partial charge in [0.15, 0.2) is 11.6 Å². The lowest BCUT2D eigenvalue weighted by Crippen LogP contribution is -2.12. The number of hydrogen-bond acceptors (Lipinski definition) is 5. The molecule has 136 valence electrons. The van der Waals surface area contributed by atoms with Gasteiger partial charge in [-0.05, 0) is 30.3 Å². The van der Waals surface area contributed by atoms with Crippen molar-refractivity contribution in [1.29, 1.82) is 0 Å². The van der Waals surface area contributed by atoms with E-state index in [9.17, 15) is 8.42 Å². The number of para-hydroxylation sites is 1. The third-order valence-electron chi connectivity index (χ3n) is 3.88. The zero-order valence-corrected chi connectivity index (χ0v) is 15.6. The summed E-state index contributed by atoms with van der Waals surface area (Å²) < 4.78 is 30.6. The molecule has 26 heavy (non-hydrogen) atoms. The van der Waals surface area contributed by atoms with Crippen molar-refractivity contribution in [2.45, 2.75) is 24.7 Å². The van der Waals surface area contributed by atoms with Crippen molar-refractivity contribution in [3.8, 4) is 22.8 Å². The van der Waals surface area contributed by atoms with Crippen LogP contribution in [0.25, 0.3) is 17.1 Å². The molecule has 1 heterocycles. The second-order valence-corrected chi connectivity index (χ2v) is 7.66. The molecule has 0 atom stereocenters. The number of hydrogen-bond donors (Lipinski definition) is 1. The first-order chi connectivity index (χ1) is 12.3. The van der Waals surface area contributed by atoms with Crippen LogP contribution in [0, 0.1) is 0 Å². The van der Waals surface area contributed by atoms with Crippen LogP contribution in [0.1, 0.15) is 25.6 Å². The van der Waals surface area contributed by atoms with Gasteiger partial charge in [0.1, 0.15) is 5.75 Å². The van der Waals surface area contributed by atoms with E-state index in [2.05, 4.69) is 10.1 Å². The predicted molar refractivity (Wildman–Crippen MR) is 98.8 cm³/mol. The van der Waals surface area contributed by atoms with Crippen LogP contribution in [0.5, 0.6) is 5.75 Å². The van der Waals surface area contributed by atoms with E-state index in [-0.39, 0.29) is 10.8 Å². The zero-order chi connectivity index (χ0) is 18.9. The van der Waals surface area contributed by atoms with E-state index in [0.29, 0.717) is 23.0 Å². The Hall–Kier alpha value is -2.71. The molecule has 0 aliphatic heterocycles. The Labute approximate surface area is 152 Å². The molecule has 0 saturated carbocycles. The number of methoxy groups -OCH3 is 1. The quantitative estimate of drug-likeness (QED) is 0.742. The van der Waals surface area contributed by atoms with Gasteiger partial charge in [-0.2, -0.15) is 5.10 Å². The number of aromatic nitrogens is 3. The molecule has 0 radical (unpaired) electrons. The number of rotatable bonds is 5. The summed E-state index contributed by atoms with van der Waals surface area (Å²) in [7, 11) is -2.34. The summed E-state index contributed by atoms with van der Waals surface area (Å²) in [5, 5.41) is 9.88. The molecule has 1 aromatic heterocycles. The topological polar surface area (TPSA) is 100 Å². The normalized spacial score (nSPS) is 11.7. The second kappa shape index (κ2) is 6.89. The third-order valence-corrected chi connectivity index (χ3v) is 4.79. The summed E-state index contributed by atoms with van der Waals surface area (Å²) in [6.45, 7) is 3.99. The molecule has 2 aromatic carbocycles. The van der Waals surface area contributed by atoms with Gasteiger partial charge in [-0.25, -0.2) is 23.2 Å². The Morgan fingerprint density at radius 3 is 2.38 bits per heavy atom. The molecule has 2 N–H and O–H groups in total. The fourth-order valence-corrected chi connectivity index (χ4v) is 3.07. The molecule has 3 aromatic rings. The first-order valence-electron chi connectivity index (χ1n) is 8.05. The van der Waals surface area contributed by atoms with E-state index in [1.54, 1.807) is 10.7 Å². The molecule has 3 rings (SSSR count). The summed E-state index contributed by atoms with van der Waals surface area (Å²) >= 11 is 0. The number of benzene rings is 2. The van der Waals surface area contributed by atoms with Crippen LogP contribution in [-0.4, -0.2) is 30.3 Å². The Balaban J connectivity index is 2.29. The summed E-state index contributed by atoms with van der Waals surface area (Å²) in [4.78, 5) is 4.61. The van der Waals surface area contributed by atoms with Crippen LogP contribution in [0.3, 0.4) is 0 Å². The van der Waals surface area contributed by atoms with Crippen molar-refractivity contribution < 1.29 is 13.2 Å². The molecule has 0 aliphatic carbocycles. The van der Waals surface area contributed by atoms with E-state index >= 15 is 0 Å². The smallest absolute Gasteiger partial charge is 0.238 e. The Bertz CT molecular complexity index is 1030. The van der Waals surface area contributed by atoms with E-state index in [4.69, 9.17) is 9.88 Å². The van der Waals surface area contributed by atoms with Crippen LogP contribution in [0.15, 0.2) is 53.4 Å². The lowest BCUT2D eigenvalue weighted by atomic mass is 10.1. The van der Waals surface area contributed by atoms with E-state index in [1.807, 2.05) is 44.2 Å². The molecule has 0 spiro atoms. The largest absolute Gasteiger partial charge is 0.496 e. The van der Waals surface area contributed by atoms with Crippen LogP contribution in [0.4, 0.5) is 0 Å². The van der Waals surface area contributed by atoms with Crippen molar-refractivity contribution in [2.24, 2.45) is 5.14 Å². The summed E-state index contributed by atoms with van der Waals surface area (Å²) in [6, 6.07) is 13.9. The molecule has 0 fully saturated rings. The highest BCUT2D eigenvalue weighted by molar-refractivity contribution is 7.89. The number of nitrogens with zero attached hydrogens (tertiary/aromatic N) is 3. The van der Waals surface area contributed by atoms with E-state index in [1.165, 1.54) is 19.2 Å². The van der Waals surface area contributed by atoms with Crippen molar-refractivity contribution in [3.05, 3.63) is 54.4 Å². The molecule has 0 aliphatic rings. The van der Waals surface area contributed by atoms with Crippen molar-refractivity contribution >= 4 is 10.0 Å². The minimum Gasteiger partial charge on any atom is -0.496 e. The van der Waals surface area contributed by atoms with Gasteiger partial charge in [-0.15, -0.1) is 0 Å². The molecular formula is C18H20N4O3S. The lowest BCUT2D eigenvalue weighted by Gasteiger charge is -2.11. The summed E-state index contributed by atoms with van der Waals surface area (Å²) in [5.41, 5.74) is 1.31. The number of ether oxygens (including phenoxy) is 1.